The van der Waals surface area contributed by atoms with Crippen molar-refractivity contribution in [1.29, 1.82) is 0 Å². The lowest BCUT2D eigenvalue weighted by Gasteiger charge is -2.26. The van der Waals surface area contributed by atoms with Crippen molar-refractivity contribution in [1.82, 2.24) is 10.2 Å². The average Bonchev–Trinajstić information content (AvgIpc) is 2.95. The molecule has 1 saturated heterocycles. The number of ether oxygens (including phenoxy) is 1. The number of β-amino-alcohol motifs (C(OH)–C–C–N with tert-alkyl or cyclic N) is 1. The van der Waals surface area contributed by atoms with Crippen LogP contribution in [0.3, 0.4) is 0 Å². The summed E-state index contributed by atoms with van der Waals surface area (Å²) >= 11 is 0. The minimum absolute atomic E-state index is 0.111. The van der Waals surface area contributed by atoms with Gasteiger partial charge in [-0.15, -0.1) is 0 Å². The smallest absolute Gasteiger partial charge is 0.119 e. The van der Waals surface area contributed by atoms with Crippen LogP contribution < -0.4 is 10.1 Å². The number of hydrogen-bond donors (Lipinski definition) is 3. The lowest BCUT2D eigenvalue weighted by Crippen LogP contribution is -2.36. The van der Waals surface area contributed by atoms with Crippen LogP contribution >= 0.6 is 0 Å². The maximum Gasteiger partial charge on any atom is 0.119 e. The fourth-order valence-electron chi connectivity index (χ4n) is 4.15. The summed E-state index contributed by atoms with van der Waals surface area (Å²) in [6.07, 6.45) is 8.42. The molecule has 1 aliphatic heterocycles. The monoisotopic (exact) mass is 376 g/mol. The molecule has 1 saturated carbocycles. The van der Waals surface area contributed by atoms with Gasteiger partial charge in [0.1, 0.15) is 18.5 Å². The van der Waals surface area contributed by atoms with Crippen molar-refractivity contribution in [3.8, 4) is 5.75 Å². The fourth-order valence-corrected chi connectivity index (χ4v) is 4.15. The number of aliphatic hydroxyl groups excluding tert-OH is 2. The molecule has 1 heterocycles. The zero-order valence-electron chi connectivity index (χ0n) is 16.5. The number of benzene rings is 1. The van der Waals surface area contributed by atoms with E-state index in [1.165, 1.54) is 31.2 Å². The Hall–Kier alpha value is -1.14. The van der Waals surface area contributed by atoms with Crippen LogP contribution in [0.2, 0.25) is 0 Å². The highest BCUT2D eigenvalue weighted by molar-refractivity contribution is 5.28. The van der Waals surface area contributed by atoms with Gasteiger partial charge in [0.2, 0.25) is 0 Å². The van der Waals surface area contributed by atoms with Crippen LogP contribution in [0.1, 0.15) is 56.9 Å². The molecule has 0 aromatic heterocycles. The number of rotatable bonds is 8. The Morgan fingerprint density at radius 3 is 2.56 bits per heavy atom. The number of hydrogen-bond acceptors (Lipinski definition) is 5. The van der Waals surface area contributed by atoms with Crippen LogP contribution in [0.25, 0.3) is 0 Å². The molecule has 2 aliphatic rings. The third-order valence-electron chi connectivity index (χ3n) is 5.80. The second-order valence-corrected chi connectivity index (χ2v) is 8.21. The fraction of sp³-hybridized carbons (Fsp3) is 0.727. The SMILES string of the molecule is OC1CCC(NCc2cccc(OCC(O)CN3CCCCCC3)c2)CC1. The Kier molecular flexibility index (Phi) is 8.39. The third kappa shape index (κ3) is 7.41. The van der Waals surface area contributed by atoms with Gasteiger partial charge in [-0.2, -0.15) is 0 Å². The second-order valence-electron chi connectivity index (χ2n) is 8.21. The van der Waals surface area contributed by atoms with Gasteiger partial charge < -0.3 is 25.2 Å². The first-order valence-electron chi connectivity index (χ1n) is 10.7. The van der Waals surface area contributed by atoms with Gasteiger partial charge in [0, 0.05) is 19.1 Å². The highest BCUT2D eigenvalue weighted by Gasteiger charge is 2.18. The van der Waals surface area contributed by atoms with Gasteiger partial charge >= 0.3 is 0 Å². The Balaban J connectivity index is 1.39. The zero-order valence-corrected chi connectivity index (χ0v) is 16.5. The summed E-state index contributed by atoms with van der Waals surface area (Å²) in [6.45, 7) is 4.05. The molecule has 152 valence electrons. The van der Waals surface area contributed by atoms with E-state index >= 15 is 0 Å². The third-order valence-corrected chi connectivity index (χ3v) is 5.80. The zero-order chi connectivity index (χ0) is 18.9. The molecule has 3 rings (SSSR count). The van der Waals surface area contributed by atoms with Gasteiger partial charge in [0.25, 0.3) is 0 Å². The molecule has 2 fully saturated rings. The number of aliphatic hydroxyl groups is 2. The normalized spacial score (nSPS) is 25.7. The van der Waals surface area contributed by atoms with Crippen LogP contribution in [0, 0.1) is 0 Å². The topological polar surface area (TPSA) is 65.0 Å². The Bertz CT molecular complexity index is 538. The van der Waals surface area contributed by atoms with Crippen LogP contribution in [0.5, 0.6) is 5.75 Å². The molecule has 27 heavy (non-hydrogen) atoms. The highest BCUT2D eigenvalue weighted by atomic mass is 16.5. The summed E-state index contributed by atoms with van der Waals surface area (Å²) < 4.78 is 5.85. The first-order valence-corrected chi connectivity index (χ1v) is 10.7. The molecule has 0 spiro atoms. The molecule has 1 aromatic carbocycles. The van der Waals surface area contributed by atoms with Crippen molar-refractivity contribution in [2.75, 3.05) is 26.2 Å². The van der Waals surface area contributed by atoms with Crippen LogP contribution in [-0.2, 0) is 6.54 Å². The molecule has 5 heteroatoms. The first kappa shape index (κ1) is 20.6. The standard InChI is InChI=1S/C22H36N2O3/c25-20-10-8-19(9-11-20)23-15-18-6-5-7-22(14-18)27-17-21(26)16-24-12-3-1-2-4-13-24/h5-7,14,19-21,23,25-26H,1-4,8-13,15-17H2. The van der Waals surface area contributed by atoms with Crippen molar-refractivity contribution in [2.24, 2.45) is 0 Å². The van der Waals surface area contributed by atoms with E-state index in [4.69, 9.17) is 4.74 Å². The van der Waals surface area contributed by atoms with E-state index in [9.17, 15) is 10.2 Å². The summed E-state index contributed by atoms with van der Waals surface area (Å²) in [5, 5.41) is 23.5. The van der Waals surface area contributed by atoms with Crippen molar-refractivity contribution in [3.63, 3.8) is 0 Å². The van der Waals surface area contributed by atoms with E-state index in [-0.39, 0.29) is 6.10 Å². The Morgan fingerprint density at radius 1 is 1.07 bits per heavy atom. The maximum absolute atomic E-state index is 10.3. The summed E-state index contributed by atoms with van der Waals surface area (Å²) in [6, 6.07) is 8.62. The van der Waals surface area contributed by atoms with Crippen molar-refractivity contribution >= 4 is 0 Å². The van der Waals surface area contributed by atoms with Gasteiger partial charge in [-0.05, 0) is 69.3 Å². The Labute approximate surface area is 163 Å². The van der Waals surface area contributed by atoms with E-state index in [0.717, 1.165) is 51.1 Å². The van der Waals surface area contributed by atoms with Crippen molar-refractivity contribution in [2.45, 2.75) is 76.2 Å². The molecular formula is C22H36N2O3. The van der Waals surface area contributed by atoms with Crippen LogP contribution in [0.4, 0.5) is 0 Å². The van der Waals surface area contributed by atoms with Gasteiger partial charge in [-0.3, -0.25) is 0 Å². The lowest BCUT2D eigenvalue weighted by atomic mass is 9.93. The van der Waals surface area contributed by atoms with E-state index in [2.05, 4.69) is 22.3 Å². The van der Waals surface area contributed by atoms with E-state index in [1.807, 2.05) is 12.1 Å². The molecule has 1 aromatic rings. The maximum atomic E-state index is 10.3. The minimum Gasteiger partial charge on any atom is -0.491 e. The van der Waals surface area contributed by atoms with E-state index in [0.29, 0.717) is 19.2 Å². The number of likely N-dealkylation sites (tertiary alicyclic amines) is 1. The highest BCUT2D eigenvalue weighted by Crippen LogP contribution is 2.19. The first-order chi connectivity index (χ1) is 13.2. The average molecular weight is 377 g/mol. The van der Waals surface area contributed by atoms with Gasteiger partial charge in [-0.1, -0.05) is 25.0 Å². The van der Waals surface area contributed by atoms with E-state index < -0.39 is 6.10 Å². The largest absolute Gasteiger partial charge is 0.491 e. The molecule has 1 atom stereocenters. The molecule has 0 bridgehead atoms. The number of nitrogens with zero attached hydrogens (tertiary/aromatic N) is 1. The second kappa shape index (κ2) is 11.0. The van der Waals surface area contributed by atoms with Crippen LogP contribution in [0.15, 0.2) is 24.3 Å². The number of nitrogens with one attached hydrogen (secondary N) is 1. The van der Waals surface area contributed by atoms with Gasteiger partial charge in [-0.25, -0.2) is 0 Å². The van der Waals surface area contributed by atoms with Gasteiger partial charge in [0.05, 0.1) is 6.10 Å². The predicted octanol–water partition coefficient (Wildman–Crippen LogP) is 2.70. The molecule has 3 N–H and O–H groups in total. The predicted molar refractivity (Wildman–Crippen MR) is 108 cm³/mol. The van der Waals surface area contributed by atoms with Gasteiger partial charge in [0.15, 0.2) is 0 Å². The molecule has 1 aliphatic carbocycles. The minimum atomic E-state index is -0.446. The van der Waals surface area contributed by atoms with Crippen molar-refractivity contribution in [3.05, 3.63) is 29.8 Å². The molecule has 0 amide bonds. The molecule has 0 radical (unpaired) electrons. The quantitative estimate of drug-likeness (QED) is 0.651. The van der Waals surface area contributed by atoms with Crippen molar-refractivity contribution < 1.29 is 14.9 Å². The molecular weight excluding hydrogens is 340 g/mol. The Morgan fingerprint density at radius 2 is 1.81 bits per heavy atom. The summed E-state index contributed by atoms with van der Waals surface area (Å²) in [5.74, 6) is 0.822. The summed E-state index contributed by atoms with van der Waals surface area (Å²) in [4.78, 5) is 2.36. The molecule has 1 unspecified atom stereocenters. The summed E-state index contributed by atoms with van der Waals surface area (Å²) in [7, 11) is 0. The lowest BCUT2D eigenvalue weighted by molar-refractivity contribution is 0.0693. The van der Waals surface area contributed by atoms with E-state index in [1.54, 1.807) is 0 Å². The summed E-state index contributed by atoms with van der Waals surface area (Å²) in [5.41, 5.74) is 1.20. The molecule has 5 nitrogen and oxygen atoms in total. The van der Waals surface area contributed by atoms with Crippen LogP contribution in [-0.4, -0.2) is 59.6 Å².